The van der Waals surface area contributed by atoms with Crippen LogP contribution in [0.1, 0.15) is 37.7 Å². The molecule has 1 unspecified atom stereocenters. The van der Waals surface area contributed by atoms with Gasteiger partial charge in [-0.3, -0.25) is 4.79 Å². The first-order chi connectivity index (χ1) is 9.11. The first-order valence-electron chi connectivity index (χ1n) is 6.34. The van der Waals surface area contributed by atoms with Crippen molar-refractivity contribution in [2.75, 3.05) is 6.54 Å². The van der Waals surface area contributed by atoms with Gasteiger partial charge in [0, 0.05) is 17.4 Å². The fourth-order valence-electron chi connectivity index (χ4n) is 1.94. The maximum absolute atomic E-state index is 12.0. The summed E-state index contributed by atoms with van der Waals surface area (Å²) in [4.78, 5) is 22.4. The van der Waals surface area contributed by atoms with Gasteiger partial charge in [0.05, 0.1) is 7.05 Å². The quantitative estimate of drug-likeness (QED) is 0.506. The predicted octanol–water partition coefficient (Wildman–Crippen LogP) is 2.86. The summed E-state index contributed by atoms with van der Waals surface area (Å²) in [6.45, 7) is 6.87. The smallest absolute Gasteiger partial charge is 0.323 e. The van der Waals surface area contributed by atoms with Crippen molar-refractivity contribution in [1.82, 2.24) is 9.88 Å². The molecule has 0 radical (unpaired) electrons. The van der Waals surface area contributed by atoms with Crippen LogP contribution in [0.15, 0.2) is 12.1 Å². The topological polar surface area (TPSA) is 77.2 Å². The molecule has 0 fully saturated rings. The van der Waals surface area contributed by atoms with Crippen molar-refractivity contribution < 1.29 is 9.72 Å². The van der Waals surface area contributed by atoms with Crippen LogP contribution in [-0.4, -0.2) is 26.8 Å². The number of nitro groups is 1. The van der Waals surface area contributed by atoms with E-state index < -0.39 is 4.92 Å². The van der Waals surface area contributed by atoms with Crippen LogP contribution in [0.4, 0.5) is 5.82 Å². The SMILES string of the molecule is Cn1c(C(=O)NCC(Br)CC(C)(C)C)ccc1[N+](=O)[O-]. The minimum absolute atomic E-state index is 0.0970. The first-order valence-corrected chi connectivity index (χ1v) is 7.26. The molecule has 112 valence electrons. The number of amides is 1. The maximum Gasteiger partial charge on any atom is 0.323 e. The molecule has 0 saturated carbocycles. The number of carbonyl (C=O) groups is 1. The van der Waals surface area contributed by atoms with Gasteiger partial charge in [-0.1, -0.05) is 36.7 Å². The summed E-state index contributed by atoms with van der Waals surface area (Å²) in [5.41, 5.74) is 0.454. The molecule has 0 aliphatic rings. The van der Waals surface area contributed by atoms with E-state index in [0.717, 1.165) is 6.42 Å². The summed E-state index contributed by atoms with van der Waals surface area (Å²) in [5, 5.41) is 13.5. The Balaban J connectivity index is 2.62. The highest BCUT2D eigenvalue weighted by atomic mass is 79.9. The molecule has 0 aliphatic carbocycles. The fraction of sp³-hybridized carbons (Fsp3) is 0.615. The zero-order valence-corrected chi connectivity index (χ0v) is 13.7. The van der Waals surface area contributed by atoms with Crippen molar-refractivity contribution in [3.05, 3.63) is 27.9 Å². The van der Waals surface area contributed by atoms with E-state index in [1.54, 1.807) is 0 Å². The van der Waals surface area contributed by atoms with Gasteiger partial charge < -0.3 is 15.4 Å². The molecular weight excluding hydrogens is 326 g/mol. The zero-order valence-electron chi connectivity index (χ0n) is 12.1. The van der Waals surface area contributed by atoms with E-state index in [0.29, 0.717) is 6.54 Å². The molecular formula is C13H20BrN3O3. The van der Waals surface area contributed by atoms with Gasteiger partial charge in [-0.25, -0.2) is 4.57 Å². The number of carbonyl (C=O) groups excluding carboxylic acids is 1. The lowest BCUT2D eigenvalue weighted by Gasteiger charge is -2.22. The first kappa shape index (κ1) is 16.7. The largest absolute Gasteiger partial charge is 0.358 e. The molecule has 20 heavy (non-hydrogen) atoms. The molecule has 1 aromatic rings. The Morgan fingerprint density at radius 1 is 1.50 bits per heavy atom. The summed E-state index contributed by atoms with van der Waals surface area (Å²) < 4.78 is 1.28. The number of hydrogen-bond acceptors (Lipinski definition) is 3. The van der Waals surface area contributed by atoms with Crippen LogP contribution in [0.2, 0.25) is 0 Å². The monoisotopic (exact) mass is 345 g/mol. The lowest BCUT2D eigenvalue weighted by atomic mass is 9.90. The number of alkyl halides is 1. The number of nitrogens with zero attached hydrogens (tertiary/aromatic N) is 2. The predicted molar refractivity (Wildman–Crippen MR) is 81.2 cm³/mol. The summed E-state index contributed by atoms with van der Waals surface area (Å²) in [6.07, 6.45) is 0.917. The molecule has 1 atom stereocenters. The molecule has 0 spiro atoms. The van der Waals surface area contributed by atoms with Gasteiger partial charge in [0.1, 0.15) is 0 Å². The summed E-state index contributed by atoms with van der Waals surface area (Å²) in [7, 11) is 1.51. The third kappa shape index (κ3) is 4.63. The van der Waals surface area contributed by atoms with Crippen LogP contribution in [-0.2, 0) is 7.05 Å². The third-order valence-corrected chi connectivity index (χ3v) is 3.48. The van der Waals surface area contributed by atoms with Crippen LogP contribution in [0.5, 0.6) is 0 Å². The Kier molecular flexibility index (Phi) is 5.33. The van der Waals surface area contributed by atoms with E-state index in [9.17, 15) is 14.9 Å². The second-order valence-electron chi connectivity index (χ2n) is 5.96. The Morgan fingerprint density at radius 2 is 2.10 bits per heavy atom. The van der Waals surface area contributed by atoms with E-state index >= 15 is 0 Å². The molecule has 1 N–H and O–H groups in total. The van der Waals surface area contributed by atoms with Crippen molar-refractivity contribution in [2.45, 2.75) is 32.0 Å². The van der Waals surface area contributed by atoms with Crippen LogP contribution in [0.25, 0.3) is 0 Å². The van der Waals surface area contributed by atoms with Gasteiger partial charge in [-0.2, -0.15) is 0 Å². The highest BCUT2D eigenvalue weighted by molar-refractivity contribution is 9.09. The Labute approximate surface area is 126 Å². The number of hydrogen-bond donors (Lipinski definition) is 1. The highest BCUT2D eigenvalue weighted by Gasteiger charge is 2.22. The van der Waals surface area contributed by atoms with Crippen LogP contribution in [0.3, 0.4) is 0 Å². The second-order valence-corrected chi connectivity index (χ2v) is 7.26. The van der Waals surface area contributed by atoms with Crippen LogP contribution >= 0.6 is 15.9 Å². The van der Waals surface area contributed by atoms with Gasteiger partial charge in [-0.05, 0) is 22.8 Å². The molecule has 1 heterocycles. The number of rotatable bonds is 5. The minimum atomic E-state index is -0.510. The van der Waals surface area contributed by atoms with Crippen LogP contribution < -0.4 is 5.32 Å². The fourth-order valence-corrected chi connectivity index (χ4v) is 3.08. The van der Waals surface area contributed by atoms with Crippen LogP contribution in [0, 0.1) is 15.5 Å². The van der Waals surface area contributed by atoms with Crippen molar-refractivity contribution in [3.8, 4) is 0 Å². The van der Waals surface area contributed by atoms with Gasteiger partial charge in [-0.15, -0.1) is 0 Å². The maximum atomic E-state index is 12.0. The van der Waals surface area contributed by atoms with Gasteiger partial charge in [0.15, 0.2) is 5.69 Å². The normalized spacial score (nSPS) is 13.1. The third-order valence-electron chi connectivity index (χ3n) is 2.83. The van der Waals surface area contributed by atoms with Gasteiger partial charge in [0.2, 0.25) is 0 Å². The van der Waals surface area contributed by atoms with Crippen molar-refractivity contribution in [3.63, 3.8) is 0 Å². The molecule has 0 aliphatic heterocycles. The molecule has 1 aromatic heterocycles. The molecule has 0 bridgehead atoms. The number of aromatic nitrogens is 1. The van der Waals surface area contributed by atoms with E-state index in [-0.39, 0.29) is 27.7 Å². The average molecular weight is 346 g/mol. The second kappa shape index (κ2) is 6.39. The molecule has 7 heteroatoms. The zero-order chi connectivity index (χ0) is 15.5. The number of nitrogens with one attached hydrogen (secondary N) is 1. The van der Waals surface area contributed by atoms with E-state index in [1.165, 1.54) is 23.7 Å². The summed E-state index contributed by atoms with van der Waals surface area (Å²) in [5.74, 6) is -0.404. The van der Waals surface area contributed by atoms with E-state index in [2.05, 4.69) is 42.0 Å². The Bertz CT molecular complexity index is 505. The lowest BCUT2D eigenvalue weighted by Crippen LogP contribution is -2.32. The van der Waals surface area contributed by atoms with Gasteiger partial charge in [0.25, 0.3) is 5.91 Å². The standard InChI is InChI=1S/C13H20BrN3O3/c1-13(2,3)7-9(14)8-15-12(18)10-5-6-11(16(10)4)17(19)20/h5-6,9H,7-8H2,1-4H3,(H,15,18). The van der Waals surface area contributed by atoms with E-state index in [4.69, 9.17) is 0 Å². The minimum Gasteiger partial charge on any atom is -0.358 e. The molecule has 0 saturated heterocycles. The lowest BCUT2D eigenvalue weighted by molar-refractivity contribution is -0.391. The van der Waals surface area contributed by atoms with E-state index in [1.807, 2.05) is 0 Å². The van der Waals surface area contributed by atoms with Crippen molar-refractivity contribution >= 4 is 27.7 Å². The van der Waals surface area contributed by atoms with Crippen molar-refractivity contribution in [2.24, 2.45) is 12.5 Å². The molecule has 0 aromatic carbocycles. The Morgan fingerprint density at radius 3 is 2.55 bits per heavy atom. The molecule has 6 nitrogen and oxygen atoms in total. The highest BCUT2D eigenvalue weighted by Crippen LogP contribution is 2.24. The van der Waals surface area contributed by atoms with Crippen molar-refractivity contribution in [1.29, 1.82) is 0 Å². The summed E-state index contributed by atoms with van der Waals surface area (Å²) in [6, 6.07) is 2.79. The van der Waals surface area contributed by atoms with Gasteiger partial charge >= 0.3 is 5.82 Å². The molecule has 1 amide bonds. The average Bonchev–Trinajstić information content (AvgIpc) is 2.65. The molecule has 1 rings (SSSR count). The Hall–Kier alpha value is -1.37. The summed E-state index contributed by atoms with van der Waals surface area (Å²) >= 11 is 3.53. The number of halogens is 1.